The Morgan fingerprint density at radius 3 is 3.00 bits per heavy atom. The van der Waals surface area contributed by atoms with Crippen molar-refractivity contribution in [2.45, 2.75) is 6.42 Å². The van der Waals surface area contributed by atoms with Crippen LogP contribution in [0.25, 0.3) is 0 Å². The van der Waals surface area contributed by atoms with Crippen LogP contribution < -0.4 is 5.73 Å². The van der Waals surface area contributed by atoms with E-state index < -0.39 is 0 Å². The average molecular weight is 271 g/mol. The Kier molecular flexibility index (Phi) is 5.36. The smallest absolute Gasteiger partial charge is 0.0982 e. The van der Waals surface area contributed by atoms with Gasteiger partial charge in [-0.05, 0) is 17.7 Å². The zero-order chi connectivity index (χ0) is 11.1. The molecular weight excluding hydrogens is 256 g/mol. The van der Waals surface area contributed by atoms with Gasteiger partial charge < -0.3 is 10.5 Å². The van der Waals surface area contributed by atoms with Gasteiger partial charge in [0.2, 0.25) is 0 Å². The number of hydrogen-bond donors (Lipinski definition) is 1. The molecule has 0 fully saturated rings. The molecule has 0 spiro atoms. The molecule has 2 N–H and O–H groups in total. The summed E-state index contributed by atoms with van der Waals surface area (Å²) in [5.41, 5.74) is 6.93. The number of ether oxygens (including phenoxy) is 1. The minimum absolute atomic E-state index is 0.610. The standard InChI is InChI=1S/C11H15BrN2O/c1-15-6-5-14-11(13)8-9-3-2-4-10(12)7-9/h2-4,7H,5-6,8H2,1H3,(H2,13,14). The van der Waals surface area contributed by atoms with E-state index in [0.29, 0.717) is 25.4 Å². The second-order valence-corrected chi connectivity index (χ2v) is 4.09. The fourth-order valence-corrected chi connectivity index (χ4v) is 1.64. The third kappa shape index (κ3) is 4.95. The van der Waals surface area contributed by atoms with E-state index >= 15 is 0 Å². The second-order valence-electron chi connectivity index (χ2n) is 3.17. The van der Waals surface area contributed by atoms with Crippen molar-refractivity contribution in [3.63, 3.8) is 0 Å². The van der Waals surface area contributed by atoms with Gasteiger partial charge in [-0.1, -0.05) is 28.1 Å². The molecule has 0 bridgehead atoms. The molecule has 0 amide bonds. The van der Waals surface area contributed by atoms with Gasteiger partial charge in [0.1, 0.15) is 0 Å². The molecule has 0 atom stereocenters. The summed E-state index contributed by atoms with van der Waals surface area (Å²) in [7, 11) is 1.65. The summed E-state index contributed by atoms with van der Waals surface area (Å²) in [6, 6.07) is 8.05. The van der Waals surface area contributed by atoms with Gasteiger partial charge >= 0.3 is 0 Å². The van der Waals surface area contributed by atoms with E-state index in [9.17, 15) is 0 Å². The Morgan fingerprint density at radius 1 is 1.53 bits per heavy atom. The highest BCUT2D eigenvalue weighted by Crippen LogP contribution is 2.11. The quantitative estimate of drug-likeness (QED) is 0.506. The number of halogens is 1. The zero-order valence-electron chi connectivity index (χ0n) is 8.74. The van der Waals surface area contributed by atoms with E-state index in [-0.39, 0.29) is 0 Å². The summed E-state index contributed by atoms with van der Waals surface area (Å²) in [6.45, 7) is 1.23. The van der Waals surface area contributed by atoms with Gasteiger partial charge in [0, 0.05) is 18.0 Å². The van der Waals surface area contributed by atoms with E-state index in [4.69, 9.17) is 10.5 Å². The summed E-state index contributed by atoms with van der Waals surface area (Å²) in [6.07, 6.45) is 0.684. The van der Waals surface area contributed by atoms with Crippen molar-refractivity contribution >= 4 is 21.8 Å². The van der Waals surface area contributed by atoms with Gasteiger partial charge in [-0.15, -0.1) is 0 Å². The van der Waals surface area contributed by atoms with Crippen LogP contribution in [0.2, 0.25) is 0 Å². The molecule has 82 valence electrons. The van der Waals surface area contributed by atoms with Crippen LogP contribution in [0.15, 0.2) is 33.7 Å². The SMILES string of the molecule is COCCN=C(N)Cc1cccc(Br)c1. The molecular formula is C11H15BrN2O. The summed E-state index contributed by atoms with van der Waals surface area (Å²) in [5.74, 6) is 0.644. The molecule has 0 heterocycles. The van der Waals surface area contributed by atoms with Crippen molar-refractivity contribution < 1.29 is 4.74 Å². The van der Waals surface area contributed by atoms with Crippen LogP contribution in [0.4, 0.5) is 0 Å². The van der Waals surface area contributed by atoms with Crippen molar-refractivity contribution in [1.29, 1.82) is 0 Å². The van der Waals surface area contributed by atoms with Crippen molar-refractivity contribution in [3.8, 4) is 0 Å². The molecule has 15 heavy (non-hydrogen) atoms. The predicted molar refractivity (Wildman–Crippen MR) is 66.2 cm³/mol. The molecule has 0 aliphatic heterocycles. The molecule has 0 saturated heterocycles. The first kappa shape index (κ1) is 12.2. The Labute approximate surface area is 98.5 Å². The van der Waals surface area contributed by atoms with Gasteiger partial charge in [0.25, 0.3) is 0 Å². The Hall–Kier alpha value is -0.870. The van der Waals surface area contributed by atoms with Crippen LogP contribution in [0.5, 0.6) is 0 Å². The fourth-order valence-electron chi connectivity index (χ4n) is 1.19. The number of rotatable bonds is 5. The lowest BCUT2D eigenvalue weighted by Crippen LogP contribution is -2.16. The molecule has 3 nitrogen and oxygen atoms in total. The van der Waals surface area contributed by atoms with Gasteiger partial charge in [0.15, 0.2) is 0 Å². The fraction of sp³-hybridized carbons (Fsp3) is 0.364. The number of nitrogens with two attached hydrogens (primary N) is 1. The lowest BCUT2D eigenvalue weighted by Gasteiger charge is -2.02. The first-order valence-electron chi connectivity index (χ1n) is 4.74. The summed E-state index contributed by atoms with van der Waals surface area (Å²) < 4.78 is 5.95. The highest BCUT2D eigenvalue weighted by molar-refractivity contribution is 9.10. The average Bonchev–Trinajstić information content (AvgIpc) is 2.18. The monoisotopic (exact) mass is 270 g/mol. The zero-order valence-corrected chi connectivity index (χ0v) is 10.3. The van der Waals surface area contributed by atoms with Gasteiger partial charge in [-0.25, -0.2) is 0 Å². The van der Waals surface area contributed by atoms with Crippen molar-refractivity contribution in [2.75, 3.05) is 20.3 Å². The Bertz CT molecular complexity index is 339. The highest BCUT2D eigenvalue weighted by atomic mass is 79.9. The minimum Gasteiger partial charge on any atom is -0.387 e. The Balaban J connectivity index is 2.50. The van der Waals surface area contributed by atoms with E-state index in [0.717, 1.165) is 10.0 Å². The van der Waals surface area contributed by atoms with Gasteiger partial charge in [-0.3, -0.25) is 4.99 Å². The van der Waals surface area contributed by atoms with Crippen LogP contribution in [0, 0.1) is 0 Å². The molecule has 0 aromatic heterocycles. The molecule has 0 aliphatic carbocycles. The van der Waals surface area contributed by atoms with E-state index in [1.165, 1.54) is 0 Å². The second kappa shape index (κ2) is 6.58. The number of aliphatic imine (C=N–C) groups is 1. The molecule has 1 aromatic carbocycles. The summed E-state index contributed by atoms with van der Waals surface area (Å²) in [5, 5.41) is 0. The highest BCUT2D eigenvalue weighted by Gasteiger charge is 1.97. The maximum Gasteiger partial charge on any atom is 0.0982 e. The van der Waals surface area contributed by atoms with Gasteiger partial charge in [0.05, 0.1) is 19.0 Å². The molecule has 1 rings (SSSR count). The lowest BCUT2D eigenvalue weighted by molar-refractivity contribution is 0.208. The molecule has 1 aromatic rings. The molecule has 0 unspecified atom stereocenters. The summed E-state index contributed by atoms with van der Waals surface area (Å²) >= 11 is 3.42. The maximum atomic E-state index is 5.78. The van der Waals surface area contributed by atoms with Crippen molar-refractivity contribution in [1.82, 2.24) is 0 Å². The third-order valence-electron chi connectivity index (χ3n) is 1.88. The first-order valence-corrected chi connectivity index (χ1v) is 5.54. The number of benzene rings is 1. The molecule has 0 radical (unpaired) electrons. The predicted octanol–water partition coefficient (Wildman–Crippen LogP) is 2.00. The van der Waals surface area contributed by atoms with Crippen LogP contribution >= 0.6 is 15.9 Å². The van der Waals surface area contributed by atoms with Gasteiger partial charge in [-0.2, -0.15) is 0 Å². The number of hydrogen-bond acceptors (Lipinski definition) is 2. The topological polar surface area (TPSA) is 47.6 Å². The van der Waals surface area contributed by atoms with Crippen LogP contribution in [-0.2, 0) is 11.2 Å². The molecule has 4 heteroatoms. The summed E-state index contributed by atoms with van der Waals surface area (Å²) in [4.78, 5) is 4.19. The van der Waals surface area contributed by atoms with Crippen LogP contribution in [-0.4, -0.2) is 26.1 Å². The molecule has 0 saturated carbocycles. The minimum atomic E-state index is 0.610. The Morgan fingerprint density at radius 2 is 2.33 bits per heavy atom. The number of amidine groups is 1. The number of nitrogens with zero attached hydrogens (tertiary/aromatic N) is 1. The van der Waals surface area contributed by atoms with Crippen LogP contribution in [0.1, 0.15) is 5.56 Å². The van der Waals surface area contributed by atoms with E-state index in [2.05, 4.69) is 20.9 Å². The third-order valence-corrected chi connectivity index (χ3v) is 2.38. The molecule has 0 aliphatic rings. The largest absolute Gasteiger partial charge is 0.387 e. The number of methoxy groups -OCH3 is 1. The lowest BCUT2D eigenvalue weighted by atomic mass is 10.1. The van der Waals surface area contributed by atoms with E-state index in [1.54, 1.807) is 7.11 Å². The van der Waals surface area contributed by atoms with Crippen molar-refractivity contribution in [2.24, 2.45) is 10.7 Å². The maximum absolute atomic E-state index is 5.78. The van der Waals surface area contributed by atoms with Crippen molar-refractivity contribution in [3.05, 3.63) is 34.3 Å². The normalized spacial score (nSPS) is 11.7. The first-order chi connectivity index (χ1) is 7.22. The van der Waals surface area contributed by atoms with E-state index in [1.807, 2.05) is 24.3 Å². The van der Waals surface area contributed by atoms with Crippen LogP contribution in [0.3, 0.4) is 0 Å².